The lowest BCUT2D eigenvalue weighted by atomic mass is 10.2. The largest absolute Gasteiger partial charge is 0.329 e. The molecule has 2 aromatic rings. The van der Waals surface area contributed by atoms with Crippen LogP contribution >= 0.6 is 23.2 Å². The Hall–Kier alpha value is -2.37. The summed E-state index contributed by atoms with van der Waals surface area (Å²) < 4.78 is 0. The average Bonchev–Trinajstić information content (AvgIpc) is 2.49. The highest BCUT2D eigenvalue weighted by molar-refractivity contribution is 6.40. The predicted octanol–water partition coefficient (Wildman–Crippen LogP) is 3.08. The van der Waals surface area contributed by atoms with Gasteiger partial charge in [-0.3, -0.25) is 9.59 Å². The number of hydrazone groups is 1. The van der Waals surface area contributed by atoms with Crippen LogP contribution in [0.4, 0.5) is 5.69 Å². The number of anilines is 1. The molecule has 0 radical (unpaired) electrons. The fourth-order valence-electron chi connectivity index (χ4n) is 1.55. The first-order valence-corrected chi connectivity index (χ1v) is 6.96. The number of nitrogens with zero attached hydrogens (tertiary/aromatic N) is 1. The Labute approximate surface area is 136 Å². The van der Waals surface area contributed by atoms with Crippen molar-refractivity contribution < 1.29 is 9.59 Å². The monoisotopic (exact) mass is 335 g/mol. The van der Waals surface area contributed by atoms with E-state index < -0.39 is 11.8 Å². The van der Waals surface area contributed by atoms with E-state index in [4.69, 9.17) is 23.2 Å². The fraction of sp³-hybridized carbons (Fsp3) is 0. The summed E-state index contributed by atoms with van der Waals surface area (Å²) in [6.45, 7) is 0. The van der Waals surface area contributed by atoms with Crippen LogP contribution in [0.25, 0.3) is 0 Å². The van der Waals surface area contributed by atoms with Crippen LogP contribution in [0, 0.1) is 0 Å². The smallest absolute Gasteiger partial charge is 0.318 e. The maximum absolute atomic E-state index is 11.7. The number of rotatable bonds is 3. The van der Waals surface area contributed by atoms with Crippen LogP contribution in [0.2, 0.25) is 10.0 Å². The molecule has 2 N–H and O–H groups in total. The summed E-state index contributed by atoms with van der Waals surface area (Å²) in [7, 11) is 0. The van der Waals surface area contributed by atoms with Gasteiger partial charge < -0.3 is 5.32 Å². The van der Waals surface area contributed by atoms with Gasteiger partial charge in [0.1, 0.15) is 0 Å². The first-order chi connectivity index (χ1) is 10.6. The number of hydrogen-bond donors (Lipinski definition) is 2. The van der Waals surface area contributed by atoms with E-state index >= 15 is 0 Å². The van der Waals surface area contributed by atoms with Gasteiger partial charge in [0.25, 0.3) is 0 Å². The van der Waals surface area contributed by atoms with Crippen LogP contribution in [-0.4, -0.2) is 18.0 Å². The molecule has 22 heavy (non-hydrogen) atoms. The molecule has 0 unspecified atom stereocenters. The van der Waals surface area contributed by atoms with Crippen molar-refractivity contribution in [2.75, 3.05) is 5.32 Å². The zero-order valence-electron chi connectivity index (χ0n) is 11.2. The minimum atomic E-state index is -0.900. The zero-order valence-corrected chi connectivity index (χ0v) is 12.7. The van der Waals surface area contributed by atoms with Crippen molar-refractivity contribution in [2.24, 2.45) is 5.10 Å². The fourth-order valence-corrected chi connectivity index (χ4v) is 1.92. The van der Waals surface area contributed by atoms with Crippen LogP contribution in [0.3, 0.4) is 0 Å². The van der Waals surface area contributed by atoms with E-state index in [2.05, 4.69) is 15.8 Å². The zero-order chi connectivity index (χ0) is 15.9. The number of nitrogens with one attached hydrogen (secondary N) is 2. The van der Waals surface area contributed by atoms with Gasteiger partial charge in [-0.2, -0.15) is 5.10 Å². The molecule has 2 rings (SSSR count). The lowest BCUT2D eigenvalue weighted by molar-refractivity contribution is -0.136. The van der Waals surface area contributed by atoms with E-state index in [0.717, 1.165) is 0 Å². The molecule has 0 aliphatic rings. The molecule has 2 amide bonds. The van der Waals surface area contributed by atoms with Gasteiger partial charge in [-0.25, -0.2) is 5.43 Å². The van der Waals surface area contributed by atoms with E-state index in [9.17, 15) is 9.59 Å². The number of carbonyl (C=O) groups is 2. The second kappa shape index (κ2) is 7.59. The maximum atomic E-state index is 11.7. The maximum Gasteiger partial charge on any atom is 0.329 e. The Morgan fingerprint density at radius 1 is 1.00 bits per heavy atom. The van der Waals surface area contributed by atoms with Crippen LogP contribution in [0.1, 0.15) is 5.56 Å². The van der Waals surface area contributed by atoms with E-state index in [1.807, 2.05) is 0 Å². The lowest BCUT2D eigenvalue weighted by Gasteiger charge is -2.04. The summed E-state index contributed by atoms with van der Waals surface area (Å²) in [5, 5.41) is 7.04. The minimum Gasteiger partial charge on any atom is -0.318 e. The molecule has 0 fully saturated rings. The van der Waals surface area contributed by atoms with Crippen molar-refractivity contribution in [3.8, 4) is 0 Å². The Balaban J connectivity index is 1.92. The molecular weight excluding hydrogens is 325 g/mol. The van der Waals surface area contributed by atoms with Crippen LogP contribution < -0.4 is 10.7 Å². The Kier molecular flexibility index (Phi) is 5.52. The van der Waals surface area contributed by atoms with Crippen molar-refractivity contribution in [1.29, 1.82) is 0 Å². The van der Waals surface area contributed by atoms with Crippen molar-refractivity contribution in [2.45, 2.75) is 0 Å². The third-order valence-electron chi connectivity index (χ3n) is 2.56. The molecule has 7 heteroatoms. The molecular formula is C15H11Cl2N3O2. The SMILES string of the molecule is O=C(NN=Cc1ccccc1Cl)C(=O)Nc1cccc(Cl)c1. The summed E-state index contributed by atoms with van der Waals surface area (Å²) in [6.07, 6.45) is 1.35. The molecule has 2 aromatic carbocycles. The lowest BCUT2D eigenvalue weighted by Crippen LogP contribution is -2.32. The molecule has 112 valence electrons. The third-order valence-corrected chi connectivity index (χ3v) is 3.14. The van der Waals surface area contributed by atoms with E-state index in [1.165, 1.54) is 12.3 Å². The quantitative estimate of drug-likeness (QED) is 0.514. The summed E-state index contributed by atoms with van der Waals surface area (Å²) in [5.74, 6) is -1.75. The first-order valence-electron chi connectivity index (χ1n) is 6.21. The highest BCUT2D eigenvalue weighted by Crippen LogP contribution is 2.14. The van der Waals surface area contributed by atoms with Gasteiger partial charge in [-0.05, 0) is 24.3 Å². The topological polar surface area (TPSA) is 70.6 Å². The van der Waals surface area contributed by atoms with Crippen molar-refractivity contribution in [3.05, 3.63) is 64.1 Å². The van der Waals surface area contributed by atoms with Gasteiger partial charge in [-0.1, -0.05) is 47.5 Å². The molecule has 0 saturated carbocycles. The van der Waals surface area contributed by atoms with Crippen LogP contribution in [0.5, 0.6) is 0 Å². The predicted molar refractivity (Wildman–Crippen MR) is 87.3 cm³/mol. The molecule has 0 aromatic heterocycles. The molecule has 0 aliphatic heterocycles. The second-order valence-corrected chi connectivity index (χ2v) is 5.03. The van der Waals surface area contributed by atoms with Crippen LogP contribution in [-0.2, 0) is 9.59 Å². The van der Waals surface area contributed by atoms with Crippen molar-refractivity contribution >= 4 is 46.9 Å². The molecule has 0 spiro atoms. The molecule has 0 atom stereocenters. The van der Waals surface area contributed by atoms with Gasteiger partial charge in [0, 0.05) is 21.3 Å². The minimum absolute atomic E-state index is 0.419. The normalized spacial score (nSPS) is 10.5. The van der Waals surface area contributed by atoms with Crippen molar-refractivity contribution in [3.63, 3.8) is 0 Å². The number of carbonyl (C=O) groups excluding carboxylic acids is 2. The second-order valence-electron chi connectivity index (χ2n) is 4.19. The summed E-state index contributed by atoms with van der Waals surface area (Å²) in [6, 6.07) is 13.4. The molecule has 5 nitrogen and oxygen atoms in total. The van der Waals surface area contributed by atoms with Gasteiger partial charge in [0.05, 0.1) is 6.21 Å². The van der Waals surface area contributed by atoms with E-state index in [0.29, 0.717) is 21.3 Å². The average molecular weight is 336 g/mol. The molecule has 0 saturated heterocycles. The van der Waals surface area contributed by atoms with Crippen molar-refractivity contribution in [1.82, 2.24) is 5.43 Å². The Morgan fingerprint density at radius 3 is 2.50 bits per heavy atom. The van der Waals surface area contributed by atoms with Gasteiger partial charge in [0.2, 0.25) is 0 Å². The highest BCUT2D eigenvalue weighted by atomic mass is 35.5. The first kappa shape index (κ1) is 16.0. The number of hydrogen-bond acceptors (Lipinski definition) is 3. The van der Waals surface area contributed by atoms with Gasteiger partial charge in [0.15, 0.2) is 0 Å². The summed E-state index contributed by atoms with van der Waals surface area (Å²) in [4.78, 5) is 23.3. The summed E-state index contributed by atoms with van der Waals surface area (Å²) in [5.41, 5.74) is 3.16. The van der Waals surface area contributed by atoms with E-state index in [1.54, 1.807) is 42.5 Å². The standard InChI is InChI=1S/C15H11Cl2N3O2/c16-11-5-3-6-12(8-11)19-14(21)15(22)20-18-9-10-4-1-2-7-13(10)17/h1-9H,(H,19,21)(H,20,22). The number of benzene rings is 2. The molecule has 0 heterocycles. The van der Waals surface area contributed by atoms with Gasteiger partial charge in [-0.15, -0.1) is 0 Å². The summed E-state index contributed by atoms with van der Waals surface area (Å²) >= 11 is 11.7. The Morgan fingerprint density at radius 2 is 1.77 bits per heavy atom. The molecule has 0 bridgehead atoms. The third kappa shape index (κ3) is 4.58. The number of amides is 2. The van der Waals surface area contributed by atoms with Gasteiger partial charge >= 0.3 is 11.8 Å². The van der Waals surface area contributed by atoms with Crippen LogP contribution in [0.15, 0.2) is 53.6 Å². The molecule has 0 aliphatic carbocycles. The number of halogens is 2. The Bertz CT molecular complexity index is 732. The highest BCUT2D eigenvalue weighted by Gasteiger charge is 2.12. The van der Waals surface area contributed by atoms with E-state index in [-0.39, 0.29) is 0 Å².